The summed E-state index contributed by atoms with van der Waals surface area (Å²) >= 11 is 0. The van der Waals surface area contributed by atoms with Gasteiger partial charge in [0.05, 0.1) is 0 Å². The van der Waals surface area contributed by atoms with E-state index in [2.05, 4.69) is 48.6 Å². The van der Waals surface area contributed by atoms with E-state index in [1.54, 1.807) is 0 Å². The molecule has 0 radical (unpaired) electrons. The second-order valence-corrected chi connectivity index (χ2v) is 5.65. The molecule has 1 N–H and O–H groups in total. The van der Waals surface area contributed by atoms with Crippen LogP contribution in [0, 0.1) is 6.92 Å². The maximum absolute atomic E-state index is 5.82. The predicted molar refractivity (Wildman–Crippen MR) is 102 cm³/mol. The fourth-order valence-corrected chi connectivity index (χ4v) is 2.23. The molecule has 0 bridgehead atoms. The molecule has 0 saturated heterocycles. The molecule has 2 aromatic rings. The highest BCUT2D eigenvalue weighted by Crippen LogP contribution is 2.14. The fraction of sp³-hybridized carbons (Fsp3) is 0.400. The van der Waals surface area contributed by atoms with Gasteiger partial charge >= 0.3 is 0 Å². The van der Waals surface area contributed by atoms with E-state index >= 15 is 0 Å². The van der Waals surface area contributed by atoms with E-state index in [4.69, 9.17) is 9.47 Å². The second-order valence-electron chi connectivity index (χ2n) is 5.65. The lowest BCUT2D eigenvalue weighted by Crippen LogP contribution is -2.16. The molecule has 0 atom stereocenters. The van der Waals surface area contributed by atoms with Crippen LogP contribution in [0.25, 0.3) is 0 Å². The summed E-state index contributed by atoms with van der Waals surface area (Å²) in [6, 6.07) is 16.7. The zero-order chi connectivity index (χ0) is 16.3. The highest BCUT2D eigenvalue weighted by Gasteiger charge is 1.98. The van der Waals surface area contributed by atoms with Crippen molar-refractivity contribution >= 4 is 12.4 Å². The molecule has 0 heterocycles. The van der Waals surface area contributed by atoms with Crippen molar-refractivity contribution in [3.63, 3.8) is 0 Å². The normalized spacial score (nSPS) is 10.2. The summed E-state index contributed by atoms with van der Waals surface area (Å²) in [6.07, 6.45) is 1.05. The first-order valence-electron chi connectivity index (χ1n) is 8.33. The largest absolute Gasteiger partial charge is 0.489 e. The Hall–Kier alpha value is -1.55. The van der Waals surface area contributed by atoms with Crippen molar-refractivity contribution in [1.29, 1.82) is 0 Å². The Kier molecular flexibility index (Phi) is 10.2. The van der Waals surface area contributed by atoms with Crippen molar-refractivity contribution in [1.82, 2.24) is 5.32 Å². The third-order valence-electron chi connectivity index (χ3n) is 3.62. The maximum atomic E-state index is 5.82. The van der Waals surface area contributed by atoms with Crippen LogP contribution >= 0.6 is 12.4 Å². The lowest BCUT2D eigenvalue weighted by Gasteiger charge is -2.08. The van der Waals surface area contributed by atoms with Crippen molar-refractivity contribution in [2.24, 2.45) is 0 Å². The number of benzene rings is 2. The second kappa shape index (κ2) is 11.9. The number of aryl methyl sites for hydroxylation is 1. The molecule has 0 aliphatic rings. The SMILES string of the molecule is CCOCCCNCc1ccc(OCc2ccc(C)cc2)cc1.Cl. The van der Waals surface area contributed by atoms with Gasteiger partial charge in [-0.15, -0.1) is 12.4 Å². The van der Waals surface area contributed by atoms with Crippen LogP contribution in [0.1, 0.15) is 30.0 Å². The molecular weight excluding hydrogens is 322 g/mol. The Balaban J connectivity index is 0.00000288. The third kappa shape index (κ3) is 7.82. The summed E-state index contributed by atoms with van der Waals surface area (Å²) in [4.78, 5) is 0. The molecule has 3 nitrogen and oxygen atoms in total. The van der Waals surface area contributed by atoms with Crippen molar-refractivity contribution < 1.29 is 9.47 Å². The quantitative estimate of drug-likeness (QED) is 0.640. The van der Waals surface area contributed by atoms with Crippen LogP contribution in [-0.4, -0.2) is 19.8 Å². The van der Waals surface area contributed by atoms with Gasteiger partial charge in [0.2, 0.25) is 0 Å². The minimum absolute atomic E-state index is 0. The first-order chi connectivity index (χ1) is 11.3. The van der Waals surface area contributed by atoms with E-state index < -0.39 is 0 Å². The minimum Gasteiger partial charge on any atom is -0.489 e. The first-order valence-corrected chi connectivity index (χ1v) is 8.33. The van der Waals surface area contributed by atoms with Gasteiger partial charge in [0, 0.05) is 19.8 Å². The van der Waals surface area contributed by atoms with Gasteiger partial charge in [0.15, 0.2) is 0 Å². The molecule has 0 aliphatic heterocycles. The summed E-state index contributed by atoms with van der Waals surface area (Å²) in [7, 11) is 0. The Bertz CT molecular complexity index is 555. The highest BCUT2D eigenvalue weighted by atomic mass is 35.5. The zero-order valence-electron chi connectivity index (χ0n) is 14.6. The average molecular weight is 350 g/mol. The van der Waals surface area contributed by atoms with Crippen LogP contribution in [0.2, 0.25) is 0 Å². The maximum Gasteiger partial charge on any atom is 0.119 e. The van der Waals surface area contributed by atoms with Gasteiger partial charge in [-0.3, -0.25) is 0 Å². The molecular formula is C20H28ClNO2. The number of ether oxygens (including phenoxy) is 2. The van der Waals surface area contributed by atoms with Crippen molar-refractivity contribution in [2.45, 2.75) is 33.4 Å². The number of nitrogens with one attached hydrogen (secondary N) is 1. The Morgan fingerprint density at radius 2 is 1.58 bits per heavy atom. The Morgan fingerprint density at radius 1 is 0.917 bits per heavy atom. The first kappa shape index (κ1) is 20.5. The average Bonchev–Trinajstić information content (AvgIpc) is 2.58. The summed E-state index contributed by atoms with van der Waals surface area (Å²) < 4.78 is 11.1. The number of hydrogen-bond acceptors (Lipinski definition) is 3. The topological polar surface area (TPSA) is 30.5 Å². The smallest absolute Gasteiger partial charge is 0.119 e. The van der Waals surface area contributed by atoms with Gasteiger partial charge in [-0.2, -0.15) is 0 Å². The summed E-state index contributed by atoms with van der Waals surface area (Å²) in [5.41, 5.74) is 3.73. The number of halogens is 1. The van der Waals surface area contributed by atoms with Gasteiger partial charge < -0.3 is 14.8 Å². The number of rotatable bonds is 10. The van der Waals surface area contributed by atoms with Crippen LogP contribution in [-0.2, 0) is 17.9 Å². The summed E-state index contributed by atoms with van der Waals surface area (Å²) in [5, 5.41) is 3.42. The molecule has 24 heavy (non-hydrogen) atoms. The van der Waals surface area contributed by atoms with E-state index in [9.17, 15) is 0 Å². The van der Waals surface area contributed by atoms with Crippen LogP contribution < -0.4 is 10.1 Å². The minimum atomic E-state index is 0. The lowest BCUT2D eigenvalue weighted by molar-refractivity contribution is 0.144. The summed E-state index contributed by atoms with van der Waals surface area (Å²) in [5.74, 6) is 0.908. The fourth-order valence-electron chi connectivity index (χ4n) is 2.23. The monoisotopic (exact) mass is 349 g/mol. The number of hydrogen-bond donors (Lipinski definition) is 1. The van der Waals surface area contributed by atoms with Crippen molar-refractivity contribution in [3.8, 4) is 5.75 Å². The van der Waals surface area contributed by atoms with Gasteiger partial charge in [-0.05, 0) is 50.1 Å². The van der Waals surface area contributed by atoms with E-state index in [0.717, 1.165) is 38.5 Å². The van der Waals surface area contributed by atoms with E-state index in [0.29, 0.717) is 6.61 Å². The molecule has 0 aromatic heterocycles. The molecule has 0 unspecified atom stereocenters. The lowest BCUT2D eigenvalue weighted by atomic mass is 10.2. The molecule has 2 aromatic carbocycles. The van der Waals surface area contributed by atoms with Crippen LogP contribution in [0.4, 0.5) is 0 Å². The Labute approximate surface area is 151 Å². The van der Waals surface area contributed by atoms with Crippen molar-refractivity contribution in [2.75, 3.05) is 19.8 Å². The molecule has 4 heteroatoms. The molecule has 0 fully saturated rings. The zero-order valence-corrected chi connectivity index (χ0v) is 15.4. The van der Waals surface area contributed by atoms with Gasteiger partial charge in [-0.1, -0.05) is 42.0 Å². The molecule has 0 amide bonds. The molecule has 2 rings (SSSR count). The van der Waals surface area contributed by atoms with Crippen molar-refractivity contribution in [3.05, 3.63) is 65.2 Å². The van der Waals surface area contributed by atoms with Gasteiger partial charge in [-0.25, -0.2) is 0 Å². The third-order valence-corrected chi connectivity index (χ3v) is 3.62. The van der Waals surface area contributed by atoms with Gasteiger partial charge in [0.1, 0.15) is 12.4 Å². The molecule has 132 valence electrons. The predicted octanol–water partition coefficient (Wildman–Crippen LogP) is 4.51. The van der Waals surface area contributed by atoms with Crippen LogP contribution in [0.3, 0.4) is 0 Å². The molecule has 0 aliphatic carbocycles. The van der Waals surface area contributed by atoms with E-state index in [1.807, 2.05) is 19.1 Å². The standard InChI is InChI=1S/C20H27NO2.ClH/c1-3-22-14-4-13-21-15-18-9-11-20(12-10-18)23-16-19-7-5-17(2)6-8-19;/h5-12,21H,3-4,13-16H2,1-2H3;1H. The van der Waals surface area contributed by atoms with Gasteiger partial charge in [0.25, 0.3) is 0 Å². The van der Waals surface area contributed by atoms with E-state index in [1.165, 1.54) is 16.7 Å². The Morgan fingerprint density at radius 3 is 2.25 bits per heavy atom. The van der Waals surface area contributed by atoms with Crippen LogP contribution in [0.5, 0.6) is 5.75 Å². The molecule has 0 spiro atoms. The molecule has 0 saturated carbocycles. The van der Waals surface area contributed by atoms with Crippen LogP contribution in [0.15, 0.2) is 48.5 Å². The summed E-state index contributed by atoms with van der Waals surface area (Å²) in [6.45, 7) is 8.20. The van der Waals surface area contributed by atoms with E-state index in [-0.39, 0.29) is 12.4 Å². The highest BCUT2D eigenvalue weighted by molar-refractivity contribution is 5.85.